The molecule has 0 aliphatic rings. The summed E-state index contributed by atoms with van der Waals surface area (Å²) in [4.78, 5) is 13.2. The number of anilines is 1. The number of hydrogen-bond acceptors (Lipinski definition) is 3. The lowest BCUT2D eigenvalue weighted by molar-refractivity contribution is -0.113. The molecule has 1 N–H and O–H groups in total. The second kappa shape index (κ2) is 7.36. The normalized spacial score (nSPS) is 10.6. The van der Waals surface area contributed by atoms with E-state index in [1.807, 2.05) is 79.2 Å². The second-order valence-electron chi connectivity index (χ2n) is 5.45. The molecule has 24 heavy (non-hydrogen) atoms. The Balaban J connectivity index is 1.70. The molecule has 0 radical (unpaired) electrons. The number of benzene rings is 2. The van der Waals surface area contributed by atoms with Crippen LogP contribution in [0.25, 0.3) is 5.69 Å². The first-order valence-corrected chi connectivity index (χ1v) is 8.73. The smallest absolute Gasteiger partial charge is 0.234 e. The summed E-state index contributed by atoms with van der Waals surface area (Å²) in [5.41, 5.74) is 3.83. The number of hydrogen-bond donors (Lipinski definition) is 1. The maximum Gasteiger partial charge on any atom is 0.234 e. The highest BCUT2D eigenvalue weighted by molar-refractivity contribution is 8.00. The molecule has 3 aromatic rings. The molecular weight excluding hydrogens is 318 g/mol. The van der Waals surface area contributed by atoms with Crippen LogP contribution in [-0.2, 0) is 4.79 Å². The molecular formula is C19H19N3OS. The zero-order valence-electron chi connectivity index (χ0n) is 13.7. The maximum atomic E-state index is 12.1. The summed E-state index contributed by atoms with van der Waals surface area (Å²) < 4.78 is 1.92. The van der Waals surface area contributed by atoms with E-state index in [4.69, 9.17) is 0 Å². The Bertz CT molecular complexity index is 829. The van der Waals surface area contributed by atoms with Gasteiger partial charge in [0.25, 0.3) is 0 Å². The molecule has 0 bridgehead atoms. The quantitative estimate of drug-likeness (QED) is 0.709. The van der Waals surface area contributed by atoms with Gasteiger partial charge in [0, 0.05) is 5.69 Å². The molecule has 0 spiro atoms. The average molecular weight is 337 g/mol. The predicted molar refractivity (Wildman–Crippen MR) is 98.8 cm³/mol. The van der Waals surface area contributed by atoms with Crippen molar-refractivity contribution in [2.45, 2.75) is 18.7 Å². The van der Waals surface area contributed by atoms with Crippen LogP contribution in [-0.4, -0.2) is 21.4 Å². The molecule has 1 aromatic heterocycles. The Morgan fingerprint density at radius 2 is 1.67 bits per heavy atom. The number of para-hydroxylation sites is 2. The van der Waals surface area contributed by atoms with Crippen molar-refractivity contribution in [3.63, 3.8) is 0 Å². The van der Waals surface area contributed by atoms with Crippen molar-refractivity contribution in [3.8, 4) is 5.69 Å². The zero-order valence-corrected chi connectivity index (χ0v) is 14.5. The summed E-state index contributed by atoms with van der Waals surface area (Å²) in [7, 11) is 0. The van der Waals surface area contributed by atoms with Crippen LogP contribution in [0, 0.1) is 13.8 Å². The summed E-state index contributed by atoms with van der Waals surface area (Å²) >= 11 is 1.52. The van der Waals surface area contributed by atoms with Crippen molar-refractivity contribution in [2.24, 2.45) is 0 Å². The van der Waals surface area contributed by atoms with Gasteiger partial charge >= 0.3 is 0 Å². The molecule has 0 fully saturated rings. The van der Waals surface area contributed by atoms with E-state index in [2.05, 4.69) is 10.4 Å². The van der Waals surface area contributed by atoms with Gasteiger partial charge in [0.1, 0.15) is 0 Å². The van der Waals surface area contributed by atoms with Crippen molar-refractivity contribution in [2.75, 3.05) is 11.1 Å². The molecule has 1 amide bonds. The van der Waals surface area contributed by atoms with Gasteiger partial charge in [0.15, 0.2) is 0 Å². The van der Waals surface area contributed by atoms with Gasteiger partial charge in [-0.05, 0) is 38.1 Å². The number of aryl methyl sites for hydroxylation is 1. The van der Waals surface area contributed by atoms with Crippen LogP contribution in [0.3, 0.4) is 0 Å². The first-order valence-electron chi connectivity index (χ1n) is 7.74. The maximum absolute atomic E-state index is 12.1. The topological polar surface area (TPSA) is 46.9 Å². The van der Waals surface area contributed by atoms with Crippen LogP contribution in [0.4, 0.5) is 5.69 Å². The monoisotopic (exact) mass is 337 g/mol. The lowest BCUT2D eigenvalue weighted by atomic mass is 10.3. The molecule has 0 aliphatic carbocycles. The van der Waals surface area contributed by atoms with Crippen LogP contribution in [0.15, 0.2) is 65.6 Å². The van der Waals surface area contributed by atoms with E-state index in [0.29, 0.717) is 5.75 Å². The minimum atomic E-state index is -0.0162. The van der Waals surface area contributed by atoms with Gasteiger partial charge in [-0.1, -0.05) is 36.4 Å². The average Bonchev–Trinajstić information content (AvgIpc) is 2.89. The van der Waals surface area contributed by atoms with Crippen molar-refractivity contribution < 1.29 is 4.79 Å². The standard InChI is InChI=1S/C19H19N3OS/c1-14-19(15(2)22(21-14)17-11-7-4-8-12-17)24-13-18(23)20-16-9-5-3-6-10-16/h3-12H,13H2,1-2H3,(H,20,23). The number of amides is 1. The number of nitrogens with one attached hydrogen (secondary N) is 1. The molecule has 0 unspecified atom stereocenters. The van der Waals surface area contributed by atoms with Gasteiger partial charge < -0.3 is 5.32 Å². The fraction of sp³-hybridized carbons (Fsp3) is 0.158. The Hall–Kier alpha value is -2.53. The third kappa shape index (κ3) is 3.68. The molecule has 122 valence electrons. The lowest BCUT2D eigenvalue weighted by Gasteiger charge is -2.06. The van der Waals surface area contributed by atoms with E-state index in [-0.39, 0.29) is 5.91 Å². The first kappa shape index (κ1) is 16.3. The highest BCUT2D eigenvalue weighted by Gasteiger charge is 2.14. The Morgan fingerprint density at radius 3 is 2.33 bits per heavy atom. The van der Waals surface area contributed by atoms with Crippen molar-refractivity contribution in [1.29, 1.82) is 0 Å². The van der Waals surface area contributed by atoms with Gasteiger partial charge in [-0.25, -0.2) is 4.68 Å². The van der Waals surface area contributed by atoms with Crippen molar-refractivity contribution >= 4 is 23.4 Å². The number of thioether (sulfide) groups is 1. The van der Waals surface area contributed by atoms with Gasteiger partial charge in [-0.15, -0.1) is 11.8 Å². The number of carbonyl (C=O) groups is 1. The van der Waals surface area contributed by atoms with Crippen LogP contribution in [0.1, 0.15) is 11.4 Å². The summed E-state index contributed by atoms with van der Waals surface area (Å²) in [6, 6.07) is 19.5. The van der Waals surface area contributed by atoms with Gasteiger partial charge in [0.05, 0.1) is 27.7 Å². The Kier molecular flexibility index (Phi) is 5.01. The second-order valence-corrected chi connectivity index (χ2v) is 6.44. The van der Waals surface area contributed by atoms with E-state index in [0.717, 1.165) is 27.7 Å². The fourth-order valence-electron chi connectivity index (χ4n) is 2.51. The van der Waals surface area contributed by atoms with Crippen molar-refractivity contribution in [1.82, 2.24) is 9.78 Å². The molecule has 3 rings (SSSR count). The minimum absolute atomic E-state index is 0.0162. The number of aromatic nitrogens is 2. The van der Waals surface area contributed by atoms with Gasteiger partial charge in [0.2, 0.25) is 5.91 Å². The molecule has 2 aromatic carbocycles. The zero-order chi connectivity index (χ0) is 16.9. The largest absolute Gasteiger partial charge is 0.325 e. The van der Waals surface area contributed by atoms with E-state index in [1.54, 1.807) is 0 Å². The highest BCUT2D eigenvalue weighted by atomic mass is 32.2. The molecule has 1 heterocycles. The SMILES string of the molecule is Cc1nn(-c2ccccc2)c(C)c1SCC(=O)Nc1ccccc1. The number of carbonyl (C=O) groups excluding carboxylic acids is 1. The summed E-state index contributed by atoms with van der Waals surface area (Å²) in [5.74, 6) is 0.342. The fourth-order valence-corrected chi connectivity index (χ4v) is 3.41. The third-order valence-electron chi connectivity index (χ3n) is 3.63. The Morgan fingerprint density at radius 1 is 1.04 bits per heavy atom. The van der Waals surface area contributed by atoms with Crippen LogP contribution >= 0.6 is 11.8 Å². The lowest BCUT2D eigenvalue weighted by Crippen LogP contribution is -2.13. The van der Waals surface area contributed by atoms with E-state index < -0.39 is 0 Å². The molecule has 0 saturated carbocycles. The Labute approximate surface area is 145 Å². The van der Waals surface area contributed by atoms with E-state index in [9.17, 15) is 4.79 Å². The molecule has 0 atom stereocenters. The van der Waals surface area contributed by atoms with E-state index >= 15 is 0 Å². The van der Waals surface area contributed by atoms with Crippen molar-refractivity contribution in [3.05, 3.63) is 72.1 Å². The van der Waals surface area contributed by atoms with Gasteiger partial charge in [-0.3, -0.25) is 4.79 Å². The van der Waals surface area contributed by atoms with E-state index in [1.165, 1.54) is 11.8 Å². The molecule has 5 heteroatoms. The predicted octanol–water partition coefficient (Wildman–Crippen LogP) is 4.22. The molecule has 0 aliphatic heterocycles. The van der Waals surface area contributed by atoms with Crippen LogP contribution in [0.2, 0.25) is 0 Å². The molecule has 4 nitrogen and oxygen atoms in total. The van der Waals surface area contributed by atoms with Gasteiger partial charge in [-0.2, -0.15) is 5.10 Å². The minimum Gasteiger partial charge on any atom is -0.325 e. The highest BCUT2D eigenvalue weighted by Crippen LogP contribution is 2.28. The summed E-state index contributed by atoms with van der Waals surface area (Å²) in [6.45, 7) is 4.01. The van der Waals surface area contributed by atoms with Crippen LogP contribution < -0.4 is 5.32 Å². The molecule has 0 saturated heterocycles. The summed E-state index contributed by atoms with van der Waals surface area (Å²) in [5, 5.41) is 7.51. The summed E-state index contributed by atoms with van der Waals surface area (Å²) in [6.07, 6.45) is 0. The van der Waals surface area contributed by atoms with Crippen LogP contribution in [0.5, 0.6) is 0 Å². The number of rotatable bonds is 5. The first-order chi connectivity index (χ1) is 11.6. The number of nitrogens with zero attached hydrogens (tertiary/aromatic N) is 2. The third-order valence-corrected chi connectivity index (χ3v) is 4.92.